The highest BCUT2D eigenvalue weighted by Crippen LogP contribution is 2.37. The minimum absolute atomic E-state index is 0.216. The van der Waals surface area contributed by atoms with Crippen molar-refractivity contribution in [1.82, 2.24) is 5.43 Å². The zero-order valence-electron chi connectivity index (χ0n) is 18.2. The van der Waals surface area contributed by atoms with E-state index >= 15 is 0 Å². The fourth-order valence-electron chi connectivity index (χ4n) is 3.32. The molecule has 166 valence electrons. The first-order valence-electron chi connectivity index (χ1n) is 10.5. The molecule has 0 radical (unpaired) electrons. The maximum Gasteiger partial charge on any atom is 0.191 e. The maximum absolute atomic E-state index is 6.48. The van der Waals surface area contributed by atoms with E-state index in [0.29, 0.717) is 10.9 Å². The van der Waals surface area contributed by atoms with Crippen molar-refractivity contribution in [2.75, 3.05) is 10.6 Å². The molecule has 1 unspecified atom stereocenters. The van der Waals surface area contributed by atoms with Gasteiger partial charge in [-0.2, -0.15) is 5.10 Å². The molecule has 1 heterocycles. The number of hydrogen-bond donors (Lipinski definition) is 4. The topological polar surface area (TPSA) is 74.5 Å². The van der Waals surface area contributed by atoms with Gasteiger partial charge in [-0.3, -0.25) is 5.43 Å². The Kier molecular flexibility index (Phi) is 7.44. The van der Waals surface area contributed by atoms with Gasteiger partial charge in [0, 0.05) is 11.4 Å². The van der Waals surface area contributed by atoms with E-state index in [-0.39, 0.29) is 5.92 Å². The van der Waals surface area contributed by atoms with Crippen LogP contribution in [-0.4, -0.2) is 10.9 Å². The zero-order valence-corrected chi connectivity index (χ0v) is 19.8. The summed E-state index contributed by atoms with van der Waals surface area (Å²) in [5.41, 5.74) is 14.7. The molecule has 5 N–H and O–H groups in total. The second kappa shape index (κ2) is 10.8. The number of para-hydroxylation sites is 2. The monoisotopic (exact) mass is 471 g/mol. The van der Waals surface area contributed by atoms with Crippen molar-refractivity contribution in [3.8, 4) is 0 Å². The van der Waals surface area contributed by atoms with E-state index in [1.54, 1.807) is 11.8 Å². The smallest absolute Gasteiger partial charge is 0.191 e. The van der Waals surface area contributed by atoms with Gasteiger partial charge in [-0.05, 0) is 66.0 Å². The number of hydrazone groups is 1. The number of nitrogens with zero attached hydrogens (tertiary/aromatic N) is 1. The van der Waals surface area contributed by atoms with Crippen molar-refractivity contribution >= 4 is 51.9 Å². The van der Waals surface area contributed by atoms with E-state index in [0.717, 1.165) is 27.5 Å². The first-order chi connectivity index (χ1) is 16.1. The largest absolute Gasteiger partial charge is 0.385 e. The van der Waals surface area contributed by atoms with Crippen LogP contribution in [0, 0.1) is 12.8 Å². The van der Waals surface area contributed by atoms with E-state index in [4.69, 9.17) is 18.0 Å². The summed E-state index contributed by atoms with van der Waals surface area (Å²) in [4.78, 5) is 0. The van der Waals surface area contributed by atoms with E-state index in [1.807, 2.05) is 60.7 Å². The number of thioether (sulfide) groups is 1. The van der Waals surface area contributed by atoms with Crippen LogP contribution < -0.4 is 21.8 Å². The van der Waals surface area contributed by atoms with Crippen LogP contribution >= 0.6 is 24.0 Å². The van der Waals surface area contributed by atoms with E-state index in [9.17, 15) is 0 Å². The van der Waals surface area contributed by atoms with Crippen LogP contribution in [0.25, 0.3) is 5.57 Å². The molecule has 0 bridgehead atoms. The lowest BCUT2D eigenvalue weighted by Gasteiger charge is -2.23. The van der Waals surface area contributed by atoms with Crippen molar-refractivity contribution in [3.63, 3.8) is 0 Å². The summed E-state index contributed by atoms with van der Waals surface area (Å²) in [6.45, 7) is 2.08. The number of benzene rings is 3. The van der Waals surface area contributed by atoms with Crippen LogP contribution in [0.3, 0.4) is 0 Å². The average molecular weight is 472 g/mol. The Labute approximate surface area is 203 Å². The summed E-state index contributed by atoms with van der Waals surface area (Å²) in [6.07, 6.45) is 2.10. The molecule has 1 aliphatic rings. The molecule has 0 saturated carbocycles. The lowest BCUT2D eigenvalue weighted by atomic mass is 9.92. The fourth-order valence-corrected chi connectivity index (χ4v) is 4.41. The maximum atomic E-state index is 6.48. The van der Waals surface area contributed by atoms with Gasteiger partial charge in [0.2, 0.25) is 0 Å². The molecule has 7 heteroatoms. The summed E-state index contributed by atoms with van der Waals surface area (Å²) >= 11 is 7.00. The second-order valence-electron chi connectivity index (χ2n) is 7.53. The molecular weight excluding hydrogens is 446 g/mol. The number of hydrogen-bond acceptors (Lipinski definition) is 4. The first-order valence-corrected chi connectivity index (χ1v) is 11.8. The van der Waals surface area contributed by atoms with Gasteiger partial charge < -0.3 is 16.4 Å². The van der Waals surface area contributed by atoms with Crippen LogP contribution in [0.15, 0.2) is 107 Å². The first kappa shape index (κ1) is 22.6. The van der Waals surface area contributed by atoms with Crippen molar-refractivity contribution in [3.05, 3.63) is 113 Å². The van der Waals surface area contributed by atoms with Gasteiger partial charge in [-0.15, -0.1) is 0 Å². The summed E-state index contributed by atoms with van der Waals surface area (Å²) in [5, 5.41) is 14.4. The third-order valence-corrected chi connectivity index (χ3v) is 6.09. The van der Waals surface area contributed by atoms with E-state index in [1.165, 1.54) is 5.56 Å². The normalized spacial score (nSPS) is 15.8. The molecule has 33 heavy (non-hydrogen) atoms. The molecule has 3 aromatic rings. The van der Waals surface area contributed by atoms with Gasteiger partial charge in [-0.25, -0.2) is 0 Å². The van der Waals surface area contributed by atoms with Gasteiger partial charge in [0.25, 0.3) is 0 Å². The number of thiocarbonyl (C=S) groups is 1. The summed E-state index contributed by atoms with van der Waals surface area (Å²) in [5.74, 6) is 0.207. The van der Waals surface area contributed by atoms with Crippen molar-refractivity contribution < 1.29 is 0 Å². The molecule has 3 aromatic carbocycles. The molecule has 0 aromatic heterocycles. The lowest BCUT2D eigenvalue weighted by Crippen LogP contribution is -2.31. The van der Waals surface area contributed by atoms with Crippen molar-refractivity contribution in [2.45, 2.75) is 6.92 Å². The van der Waals surface area contributed by atoms with Crippen LogP contribution in [0.2, 0.25) is 0 Å². The summed E-state index contributed by atoms with van der Waals surface area (Å²) < 4.78 is 0. The Hall–Kier alpha value is -3.55. The Bertz CT molecular complexity index is 1190. The molecular formula is C26H25N5S2. The minimum Gasteiger partial charge on any atom is -0.385 e. The van der Waals surface area contributed by atoms with Gasteiger partial charge in [0.1, 0.15) is 5.84 Å². The predicted octanol–water partition coefficient (Wildman–Crippen LogP) is 5.91. The highest BCUT2D eigenvalue weighted by Gasteiger charge is 2.23. The Morgan fingerprint density at radius 2 is 1.55 bits per heavy atom. The van der Waals surface area contributed by atoms with Crippen molar-refractivity contribution in [2.24, 2.45) is 16.8 Å². The lowest BCUT2D eigenvalue weighted by molar-refractivity contribution is 0.986. The summed E-state index contributed by atoms with van der Waals surface area (Å²) in [7, 11) is 0. The number of rotatable bonds is 6. The van der Waals surface area contributed by atoms with Crippen LogP contribution in [0.4, 0.5) is 11.4 Å². The highest BCUT2D eigenvalue weighted by atomic mass is 32.2. The molecule has 1 atom stereocenters. The standard InChI is InChI=1S/C26H25N5S2/c1-18-12-14-19(15-13-18)23-17-33-24(28-20-8-4-2-5-9-20)16-22(23)25(27)30-31-26(32)29-21-10-6-3-7-11-21/h2-17,22,28H,1H3,(H2,27,30)(H2,29,31,32). The van der Waals surface area contributed by atoms with Crippen LogP contribution in [0.5, 0.6) is 0 Å². The third-order valence-electron chi connectivity index (χ3n) is 5.03. The molecule has 0 amide bonds. The Morgan fingerprint density at radius 3 is 2.21 bits per heavy atom. The van der Waals surface area contributed by atoms with Gasteiger partial charge >= 0.3 is 0 Å². The van der Waals surface area contributed by atoms with Crippen molar-refractivity contribution in [1.29, 1.82) is 0 Å². The predicted molar refractivity (Wildman–Crippen MR) is 146 cm³/mol. The van der Waals surface area contributed by atoms with E-state index < -0.39 is 0 Å². The van der Waals surface area contributed by atoms with Gasteiger partial charge in [-0.1, -0.05) is 78.0 Å². The molecule has 0 aliphatic carbocycles. The number of amidine groups is 1. The summed E-state index contributed by atoms with van der Waals surface area (Å²) in [6, 6.07) is 28.2. The minimum atomic E-state index is -0.216. The fraction of sp³-hybridized carbons (Fsp3) is 0.0769. The van der Waals surface area contributed by atoms with E-state index in [2.05, 4.69) is 63.8 Å². The second-order valence-corrected chi connectivity index (χ2v) is 8.84. The molecule has 0 fully saturated rings. The molecule has 0 saturated heterocycles. The number of anilines is 2. The number of aryl methyl sites for hydroxylation is 1. The number of nitrogens with one attached hydrogen (secondary N) is 3. The Morgan fingerprint density at radius 1 is 0.909 bits per heavy atom. The molecule has 1 aliphatic heterocycles. The Balaban J connectivity index is 1.55. The van der Waals surface area contributed by atoms with Crippen LogP contribution in [0.1, 0.15) is 11.1 Å². The third kappa shape index (κ3) is 6.25. The average Bonchev–Trinajstić information content (AvgIpc) is 2.84. The molecule has 5 nitrogen and oxygen atoms in total. The van der Waals surface area contributed by atoms with Gasteiger partial charge in [0.05, 0.1) is 10.9 Å². The quantitative estimate of drug-likeness (QED) is 0.155. The SMILES string of the molecule is Cc1ccc(C2=CSC(Nc3ccccc3)=CC2/C(N)=N/NC(=S)Nc2ccccc2)cc1. The highest BCUT2D eigenvalue weighted by molar-refractivity contribution is 8.06. The number of nitrogens with two attached hydrogens (primary N) is 1. The molecule has 4 rings (SSSR count). The molecule has 0 spiro atoms. The zero-order chi connectivity index (χ0) is 23.0. The van der Waals surface area contributed by atoms with Gasteiger partial charge in [0.15, 0.2) is 5.11 Å². The van der Waals surface area contributed by atoms with Crippen LogP contribution in [-0.2, 0) is 0 Å².